The van der Waals surface area contributed by atoms with Crippen LogP contribution in [0.1, 0.15) is 18.4 Å². The van der Waals surface area contributed by atoms with Crippen molar-refractivity contribution in [3.63, 3.8) is 0 Å². The van der Waals surface area contributed by atoms with E-state index in [2.05, 4.69) is 30.6 Å². The first-order chi connectivity index (χ1) is 12.6. The van der Waals surface area contributed by atoms with Crippen molar-refractivity contribution in [3.8, 4) is 5.75 Å². The summed E-state index contributed by atoms with van der Waals surface area (Å²) in [4.78, 5) is 4.11. The third-order valence-corrected chi connectivity index (χ3v) is 3.75. The van der Waals surface area contributed by atoms with E-state index >= 15 is 0 Å². The number of ether oxygens (including phenoxy) is 1. The van der Waals surface area contributed by atoms with Gasteiger partial charge < -0.3 is 19.9 Å². The Morgan fingerprint density at radius 2 is 2.04 bits per heavy atom. The molecule has 2 aromatic rings. The van der Waals surface area contributed by atoms with Gasteiger partial charge in [-0.05, 0) is 31.0 Å². The SMILES string of the molecule is CN=C(NCCCCn1cnnc1)NCc1cc(Cl)ccc1OC(F)F. The van der Waals surface area contributed by atoms with Crippen molar-refractivity contribution in [2.45, 2.75) is 32.5 Å². The van der Waals surface area contributed by atoms with Gasteiger partial charge in [0.1, 0.15) is 18.4 Å². The van der Waals surface area contributed by atoms with Crippen molar-refractivity contribution in [1.29, 1.82) is 0 Å². The fourth-order valence-electron chi connectivity index (χ4n) is 2.26. The highest BCUT2D eigenvalue weighted by molar-refractivity contribution is 6.30. The molecule has 0 atom stereocenters. The molecule has 0 saturated heterocycles. The second-order valence-electron chi connectivity index (χ2n) is 5.39. The van der Waals surface area contributed by atoms with Crippen molar-refractivity contribution in [3.05, 3.63) is 41.4 Å². The van der Waals surface area contributed by atoms with E-state index in [0.29, 0.717) is 16.5 Å². The molecule has 0 spiro atoms. The van der Waals surface area contributed by atoms with E-state index in [1.807, 2.05) is 4.57 Å². The average Bonchev–Trinajstić information content (AvgIpc) is 3.12. The quantitative estimate of drug-likeness (QED) is 0.393. The first-order valence-corrected chi connectivity index (χ1v) is 8.46. The Morgan fingerprint density at radius 3 is 2.73 bits per heavy atom. The molecule has 2 N–H and O–H groups in total. The Balaban J connectivity index is 1.76. The van der Waals surface area contributed by atoms with Crippen molar-refractivity contribution >= 4 is 17.6 Å². The van der Waals surface area contributed by atoms with Crippen LogP contribution in [0.5, 0.6) is 5.75 Å². The minimum Gasteiger partial charge on any atom is -0.434 e. The maximum atomic E-state index is 12.5. The summed E-state index contributed by atoms with van der Waals surface area (Å²) in [6, 6.07) is 4.51. The molecule has 0 aliphatic heterocycles. The maximum absolute atomic E-state index is 12.5. The molecule has 0 saturated carbocycles. The lowest BCUT2D eigenvalue weighted by Gasteiger charge is -2.15. The lowest BCUT2D eigenvalue weighted by atomic mass is 10.2. The van der Waals surface area contributed by atoms with E-state index in [1.54, 1.807) is 25.8 Å². The van der Waals surface area contributed by atoms with Gasteiger partial charge in [-0.25, -0.2) is 0 Å². The number of nitrogens with zero attached hydrogens (tertiary/aromatic N) is 4. The van der Waals surface area contributed by atoms with Gasteiger partial charge in [-0.1, -0.05) is 11.6 Å². The van der Waals surface area contributed by atoms with Crippen LogP contribution >= 0.6 is 11.6 Å². The molecule has 0 bridgehead atoms. The summed E-state index contributed by atoms with van der Waals surface area (Å²) < 4.78 is 31.4. The predicted octanol–water partition coefficient (Wildman–Crippen LogP) is 2.68. The Morgan fingerprint density at radius 1 is 1.27 bits per heavy atom. The number of benzene rings is 1. The van der Waals surface area contributed by atoms with Crippen LogP contribution in [0, 0.1) is 0 Å². The summed E-state index contributed by atoms with van der Waals surface area (Å²) in [5, 5.41) is 14.2. The summed E-state index contributed by atoms with van der Waals surface area (Å²) in [6.07, 6.45) is 5.24. The van der Waals surface area contributed by atoms with Crippen LogP contribution in [-0.4, -0.2) is 40.9 Å². The highest BCUT2D eigenvalue weighted by Crippen LogP contribution is 2.24. The van der Waals surface area contributed by atoms with Gasteiger partial charge in [0.2, 0.25) is 0 Å². The molecule has 1 aromatic carbocycles. The molecule has 0 aliphatic carbocycles. The van der Waals surface area contributed by atoms with E-state index < -0.39 is 6.61 Å². The van der Waals surface area contributed by atoms with Crippen LogP contribution in [0.2, 0.25) is 5.02 Å². The molecule has 10 heteroatoms. The molecule has 0 unspecified atom stereocenters. The fourth-order valence-corrected chi connectivity index (χ4v) is 2.46. The zero-order valence-electron chi connectivity index (χ0n) is 14.3. The van der Waals surface area contributed by atoms with Crippen molar-refractivity contribution < 1.29 is 13.5 Å². The van der Waals surface area contributed by atoms with Gasteiger partial charge in [0.15, 0.2) is 5.96 Å². The largest absolute Gasteiger partial charge is 0.434 e. The molecule has 142 valence electrons. The van der Waals surface area contributed by atoms with Crippen LogP contribution in [0.4, 0.5) is 8.78 Å². The molecule has 0 radical (unpaired) electrons. The Bertz CT molecular complexity index is 696. The highest BCUT2D eigenvalue weighted by atomic mass is 35.5. The van der Waals surface area contributed by atoms with Gasteiger partial charge in [0.05, 0.1) is 0 Å². The molecular formula is C16H21ClF2N6O. The number of aliphatic imine (C=N–C) groups is 1. The smallest absolute Gasteiger partial charge is 0.387 e. The number of hydrogen-bond donors (Lipinski definition) is 2. The Kier molecular flexibility index (Phi) is 8.07. The van der Waals surface area contributed by atoms with Crippen LogP contribution < -0.4 is 15.4 Å². The first kappa shape index (κ1) is 19.9. The normalized spacial score (nSPS) is 11.7. The van der Waals surface area contributed by atoms with Gasteiger partial charge in [0.25, 0.3) is 0 Å². The van der Waals surface area contributed by atoms with Gasteiger partial charge >= 0.3 is 6.61 Å². The van der Waals surface area contributed by atoms with E-state index in [1.165, 1.54) is 12.1 Å². The van der Waals surface area contributed by atoms with Gasteiger partial charge in [-0.2, -0.15) is 8.78 Å². The van der Waals surface area contributed by atoms with E-state index in [4.69, 9.17) is 11.6 Å². The molecule has 2 rings (SSSR count). The number of aryl methyl sites for hydroxylation is 1. The number of aromatic nitrogens is 3. The van der Waals surface area contributed by atoms with Crippen LogP contribution in [0.25, 0.3) is 0 Å². The maximum Gasteiger partial charge on any atom is 0.387 e. The topological polar surface area (TPSA) is 76.4 Å². The van der Waals surface area contributed by atoms with Crippen LogP contribution in [-0.2, 0) is 13.1 Å². The number of hydrogen-bond acceptors (Lipinski definition) is 4. The minimum absolute atomic E-state index is 0.0845. The van der Waals surface area contributed by atoms with Gasteiger partial charge in [0, 0.05) is 37.3 Å². The number of unbranched alkanes of at least 4 members (excludes halogenated alkanes) is 1. The number of alkyl halides is 2. The number of rotatable bonds is 9. The third kappa shape index (κ3) is 6.83. The van der Waals surface area contributed by atoms with Crippen molar-refractivity contribution in [1.82, 2.24) is 25.4 Å². The van der Waals surface area contributed by atoms with Crippen molar-refractivity contribution in [2.75, 3.05) is 13.6 Å². The number of guanidine groups is 1. The van der Waals surface area contributed by atoms with Crippen LogP contribution in [0.3, 0.4) is 0 Å². The van der Waals surface area contributed by atoms with E-state index in [-0.39, 0.29) is 12.3 Å². The average molecular weight is 387 g/mol. The molecule has 0 fully saturated rings. The third-order valence-electron chi connectivity index (χ3n) is 3.51. The van der Waals surface area contributed by atoms with Crippen molar-refractivity contribution in [2.24, 2.45) is 4.99 Å². The van der Waals surface area contributed by atoms with Crippen LogP contribution in [0.15, 0.2) is 35.8 Å². The first-order valence-electron chi connectivity index (χ1n) is 8.08. The van der Waals surface area contributed by atoms with E-state index in [0.717, 1.165) is 25.9 Å². The zero-order chi connectivity index (χ0) is 18.8. The summed E-state index contributed by atoms with van der Waals surface area (Å²) in [5.74, 6) is 0.651. The molecular weight excluding hydrogens is 366 g/mol. The standard InChI is InChI=1S/C16H21ClF2N6O/c1-20-16(21-6-2-3-7-25-10-23-24-11-25)22-9-12-8-13(17)4-5-14(12)26-15(18)19/h4-5,8,10-11,15H,2-3,6-7,9H2,1H3,(H2,20,21,22). The zero-order valence-corrected chi connectivity index (χ0v) is 15.1. The molecule has 7 nitrogen and oxygen atoms in total. The minimum atomic E-state index is -2.89. The molecule has 0 aliphatic rings. The summed E-state index contributed by atoms with van der Waals surface area (Å²) in [6.45, 7) is -1.07. The predicted molar refractivity (Wildman–Crippen MR) is 95.5 cm³/mol. The summed E-state index contributed by atoms with van der Waals surface area (Å²) in [7, 11) is 1.64. The molecule has 1 aromatic heterocycles. The Labute approximate surface area is 155 Å². The van der Waals surface area contributed by atoms with E-state index in [9.17, 15) is 8.78 Å². The summed E-state index contributed by atoms with van der Waals surface area (Å²) in [5.41, 5.74) is 0.522. The second-order valence-corrected chi connectivity index (χ2v) is 5.83. The summed E-state index contributed by atoms with van der Waals surface area (Å²) >= 11 is 5.94. The molecule has 26 heavy (non-hydrogen) atoms. The lowest BCUT2D eigenvalue weighted by molar-refractivity contribution is -0.0504. The fraction of sp³-hybridized carbons (Fsp3) is 0.438. The highest BCUT2D eigenvalue weighted by Gasteiger charge is 2.11. The van der Waals surface area contributed by atoms with Gasteiger partial charge in [-0.15, -0.1) is 10.2 Å². The monoisotopic (exact) mass is 386 g/mol. The molecule has 0 amide bonds. The van der Waals surface area contributed by atoms with Gasteiger partial charge in [-0.3, -0.25) is 4.99 Å². The lowest BCUT2D eigenvalue weighted by Crippen LogP contribution is -2.37. The Hall–Kier alpha value is -2.42. The number of halogens is 3. The number of nitrogens with one attached hydrogen (secondary N) is 2. The molecule has 1 heterocycles. The second kappa shape index (κ2) is 10.5.